The van der Waals surface area contributed by atoms with Crippen LogP contribution in [0.2, 0.25) is 0 Å². The number of imidazole rings is 1. The van der Waals surface area contributed by atoms with E-state index in [4.69, 9.17) is 15.9 Å². The number of nitrogen functional groups attached to an aromatic ring is 1. The van der Waals surface area contributed by atoms with Crippen LogP contribution in [0.4, 0.5) is 29.2 Å². The van der Waals surface area contributed by atoms with Crippen molar-refractivity contribution in [2.75, 3.05) is 5.32 Å². The Bertz CT molecular complexity index is 1330. The van der Waals surface area contributed by atoms with E-state index in [9.17, 15) is 17.6 Å². The molecule has 11 heteroatoms. The highest BCUT2D eigenvalue weighted by Gasteiger charge is 2.31. The first kappa shape index (κ1) is 21.1. The Hall–Kier alpha value is -4.15. The maximum atomic E-state index is 14.1. The lowest BCUT2D eigenvalue weighted by Crippen LogP contribution is -2.12. The van der Waals surface area contributed by atoms with Gasteiger partial charge in [0, 0.05) is 25.4 Å². The van der Waals surface area contributed by atoms with Gasteiger partial charge in [-0.3, -0.25) is 10.4 Å². The van der Waals surface area contributed by atoms with Gasteiger partial charge in [0.15, 0.2) is 0 Å². The summed E-state index contributed by atoms with van der Waals surface area (Å²) in [5.74, 6) is -0.0580. The number of rotatable bonds is 5. The van der Waals surface area contributed by atoms with Crippen molar-refractivity contribution in [3.63, 3.8) is 0 Å². The number of fused-ring (bicyclic) bond motifs is 1. The number of anilines is 2. The number of aromatic nitrogens is 3. The molecule has 7 nitrogen and oxygen atoms in total. The van der Waals surface area contributed by atoms with Gasteiger partial charge < -0.3 is 20.4 Å². The summed E-state index contributed by atoms with van der Waals surface area (Å²) in [5.41, 5.74) is 5.49. The molecule has 4 rings (SSSR count). The summed E-state index contributed by atoms with van der Waals surface area (Å²) in [4.78, 5) is 8.31. The van der Waals surface area contributed by atoms with Crippen molar-refractivity contribution in [3.8, 4) is 11.5 Å². The zero-order chi connectivity index (χ0) is 23.0. The highest BCUT2D eigenvalue weighted by atomic mass is 19.4. The van der Waals surface area contributed by atoms with Crippen molar-refractivity contribution in [1.82, 2.24) is 14.5 Å². The Labute approximate surface area is 179 Å². The monoisotopic (exact) mass is 444 g/mol. The number of ether oxygens (including phenoxy) is 1. The van der Waals surface area contributed by atoms with Crippen molar-refractivity contribution in [1.29, 1.82) is 5.41 Å². The molecule has 2 aromatic carbocycles. The molecule has 0 unspecified atom stereocenters. The van der Waals surface area contributed by atoms with Gasteiger partial charge in [-0.15, -0.1) is 0 Å². The summed E-state index contributed by atoms with van der Waals surface area (Å²) in [6, 6.07) is 10.2. The van der Waals surface area contributed by atoms with Crippen LogP contribution in [0.3, 0.4) is 0 Å². The number of aryl methyl sites for hydroxylation is 1. The van der Waals surface area contributed by atoms with E-state index in [-0.39, 0.29) is 23.2 Å². The molecule has 0 fully saturated rings. The second kappa shape index (κ2) is 7.84. The molecule has 4 aromatic rings. The second-order valence-corrected chi connectivity index (χ2v) is 6.85. The molecule has 0 saturated carbocycles. The topological polar surface area (TPSA) is 102 Å². The minimum absolute atomic E-state index is 0.151. The molecule has 2 aromatic heterocycles. The first-order valence-corrected chi connectivity index (χ1v) is 9.20. The van der Waals surface area contributed by atoms with Gasteiger partial charge in [-0.1, -0.05) is 0 Å². The number of benzene rings is 2. The summed E-state index contributed by atoms with van der Waals surface area (Å²) < 4.78 is 60.4. The quantitative estimate of drug-likeness (QED) is 0.230. The van der Waals surface area contributed by atoms with Crippen LogP contribution < -0.4 is 15.8 Å². The highest BCUT2D eigenvalue weighted by molar-refractivity contribution is 5.93. The minimum atomic E-state index is -4.60. The fourth-order valence-electron chi connectivity index (χ4n) is 3.03. The number of nitrogens with zero attached hydrogens (tertiary/aromatic N) is 3. The van der Waals surface area contributed by atoms with Crippen LogP contribution in [0.1, 0.15) is 11.3 Å². The summed E-state index contributed by atoms with van der Waals surface area (Å²) in [6.07, 6.45) is -3.14. The van der Waals surface area contributed by atoms with Gasteiger partial charge in [0.25, 0.3) is 0 Å². The predicted molar refractivity (Wildman–Crippen MR) is 111 cm³/mol. The van der Waals surface area contributed by atoms with Crippen LogP contribution in [-0.4, -0.2) is 20.4 Å². The maximum Gasteiger partial charge on any atom is 0.416 e. The van der Waals surface area contributed by atoms with Crippen LogP contribution >= 0.6 is 0 Å². The summed E-state index contributed by atoms with van der Waals surface area (Å²) >= 11 is 0. The summed E-state index contributed by atoms with van der Waals surface area (Å²) in [5, 5.41) is 10.1. The zero-order valence-electron chi connectivity index (χ0n) is 16.5. The van der Waals surface area contributed by atoms with E-state index in [1.807, 2.05) is 0 Å². The lowest BCUT2D eigenvalue weighted by Gasteiger charge is -2.11. The number of alkyl halides is 3. The number of pyridine rings is 1. The Morgan fingerprint density at radius 1 is 1.09 bits per heavy atom. The molecular weight excluding hydrogens is 428 g/mol. The molecular formula is C21H16F4N6O. The molecule has 0 atom stereocenters. The molecule has 0 aliphatic rings. The van der Waals surface area contributed by atoms with E-state index in [1.54, 1.807) is 35.9 Å². The van der Waals surface area contributed by atoms with Crippen LogP contribution in [0.15, 0.2) is 54.7 Å². The molecule has 4 N–H and O–H groups in total. The second-order valence-electron chi connectivity index (χ2n) is 6.85. The van der Waals surface area contributed by atoms with E-state index in [0.29, 0.717) is 34.7 Å². The standard InChI is InChI=1S/C21H16F4N6O/c1-31-18-5-3-12(32-13-6-7-28-17(10-13)19(26)27)9-16(18)30-20(31)29-15-8-11(21(23,24)25)2-4-14(15)22/h2-10H,1H3,(H3,26,27)(H,29,30). The number of nitrogens with two attached hydrogens (primary N) is 1. The third-order valence-electron chi connectivity index (χ3n) is 4.64. The van der Waals surface area contributed by atoms with Crippen LogP contribution in [0, 0.1) is 11.2 Å². The van der Waals surface area contributed by atoms with Gasteiger partial charge in [0.2, 0.25) is 5.95 Å². The SMILES string of the molecule is Cn1c(Nc2cc(C(F)(F)F)ccc2F)nc2cc(Oc3ccnc(C(=N)N)c3)ccc21. The lowest BCUT2D eigenvalue weighted by molar-refractivity contribution is -0.137. The van der Waals surface area contributed by atoms with Gasteiger partial charge in [-0.2, -0.15) is 13.2 Å². The average molecular weight is 444 g/mol. The third kappa shape index (κ3) is 4.17. The third-order valence-corrected chi connectivity index (χ3v) is 4.64. The number of hydrogen-bond donors (Lipinski definition) is 3. The largest absolute Gasteiger partial charge is 0.457 e. The molecule has 2 heterocycles. The first-order valence-electron chi connectivity index (χ1n) is 9.20. The van der Waals surface area contributed by atoms with Crippen molar-refractivity contribution >= 4 is 28.5 Å². The van der Waals surface area contributed by atoms with Crippen molar-refractivity contribution in [2.24, 2.45) is 12.8 Å². The van der Waals surface area contributed by atoms with Gasteiger partial charge in [0.1, 0.15) is 28.8 Å². The summed E-state index contributed by atoms with van der Waals surface area (Å²) in [6.45, 7) is 0. The lowest BCUT2D eigenvalue weighted by atomic mass is 10.2. The number of halogens is 4. The van der Waals surface area contributed by atoms with Crippen LogP contribution in [-0.2, 0) is 13.2 Å². The van der Waals surface area contributed by atoms with Crippen LogP contribution in [0.25, 0.3) is 11.0 Å². The van der Waals surface area contributed by atoms with Gasteiger partial charge in [-0.25, -0.2) is 9.37 Å². The molecule has 0 bridgehead atoms. The smallest absolute Gasteiger partial charge is 0.416 e. The minimum Gasteiger partial charge on any atom is -0.457 e. The maximum absolute atomic E-state index is 14.1. The molecule has 0 aliphatic heterocycles. The van der Waals surface area contributed by atoms with E-state index in [0.717, 1.165) is 6.07 Å². The van der Waals surface area contributed by atoms with E-state index in [1.165, 1.54) is 12.3 Å². The normalized spacial score (nSPS) is 11.5. The van der Waals surface area contributed by atoms with E-state index in [2.05, 4.69) is 15.3 Å². The Morgan fingerprint density at radius 3 is 2.56 bits per heavy atom. The molecule has 32 heavy (non-hydrogen) atoms. The van der Waals surface area contributed by atoms with E-state index >= 15 is 0 Å². The average Bonchev–Trinajstić information content (AvgIpc) is 3.03. The Morgan fingerprint density at radius 2 is 1.84 bits per heavy atom. The molecule has 0 radical (unpaired) electrons. The number of nitrogens with one attached hydrogen (secondary N) is 2. The molecule has 0 amide bonds. The van der Waals surface area contributed by atoms with Gasteiger partial charge in [-0.05, 0) is 36.4 Å². The van der Waals surface area contributed by atoms with Crippen molar-refractivity contribution in [3.05, 3.63) is 71.8 Å². The van der Waals surface area contributed by atoms with Crippen molar-refractivity contribution in [2.45, 2.75) is 6.18 Å². The first-order chi connectivity index (χ1) is 15.1. The Kier molecular flexibility index (Phi) is 5.17. The molecule has 0 saturated heterocycles. The van der Waals surface area contributed by atoms with Gasteiger partial charge in [0.05, 0.1) is 22.3 Å². The fourth-order valence-corrected chi connectivity index (χ4v) is 3.03. The zero-order valence-corrected chi connectivity index (χ0v) is 16.5. The van der Waals surface area contributed by atoms with Gasteiger partial charge >= 0.3 is 6.18 Å². The number of amidine groups is 1. The van der Waals surface area contributed by atoms with Crippen LogP contribution in [0.5, 0.6) is 11.5 Å². The molecule has 0 spiro atoms. The van der Waals surface area contributed by atoms with E-state index < -0.39 is 17.6 Å². The fraction of sp³-hybridized carbons (Fsp3) is 0.0952. The Balaban J connectivity index is 1.64. The highest BCUT2D eigenvalue weighted by Crippen LogP contribution is 2.33. The predicted octanol–water partition coefficient (Wildman–Crippen LogP) is 4.95. The molecule has 0 aliphatic carbocycles. The molecule has 164 valence electrons. The van der Waals surface area contributed by atoms with Crippen molar-refractivity contribution < 1.29 is 22.3 Å². The summed E-state index contributed by atoms with van der Waals surface area (Å²) in [7, 11) is 1.64. The number of hydrogen-bond acceptors (Lipinski definition) is 5.